The number of carbonyl (C=O) groups excluding carboxylic acids is 2. The van der Waals surface area contributed by atoms with Crippen LogP contribution in [0.15, 0.2) is 0 Å². The molecule has 20 heavy (non-hydrogen) atoms. The molecule has 3 rings (SSSR count). The topological polar surface area (TPSA) is 91.0 Å². The van der Waals surface area contributed by atoms with Gasteiger partial charge in [0, 0.05) is 19.0 Å². The Morgan fingerprint density at radius 1 is 1.25 bits per heavy atom. The van der Waals surface area contributed by atoms with E-state index >= 15 is 0 Å². The largest absolute Gasteiger partial charge is 0.341 e. The highest BCUT2D eigenvalue weighted by atomic mass is 16.2. The Labute approximate surface area is 117 Å². The van der Waals surface area contributed by atoms with Crippen molar-refractivity contribution in [1.29, 1.82) is 0 Å². The van der Waals surface area contributed by atoms with Crippen LogP contribution >= 0.6 is 0 Å². The molecule has 2 fully saturated rings. The van der Waals surface area contributed by atoms with Crippen molar-refractivity contribution in [1.82, 2.24) is 25.4 Å². The summed E-state index contributed by atoms with van der Waals surface area (Å²) >= 11 is 0. The number of nitrogens with one attached hydrogen (secondary N) is 2. The second kappa shape index (κ2) is 5.60. The van der Waals surface area contributed by atoms with Crippen molar-refractivity contribution in [3.63, 3.8) is 0 Å². The zero-order valence-electron chi connectivity index (χ0n) is 11.4. The quantitative estimate of drug-likeness (QED) is 0.834. The SMILES string of the molecule is O=C(NCC(=O)N1CCCCC1)c1n[nH]c(C2CC2)n1. The molecule has 0 aromatic carbocycles. The molecule has 7 heteroatoms. The number of aromatic nitrogens is 3. The molecular formula is C13H19N5O2. The van der Waals surface area contributed by atoms with E-state index in [1.165, 1.54) is 6.42 Å². The molecule has 0 spiro atoms. The predicted molar refractivity (Wildman–Crippen MR) is 71.1 cm³/mol. The third-order valence-electron chi connectivity index (χ3n) is 3.78. The van der Waals surface area contributed by atoms with Crippen molar-refractivity contribution in [3.05, 3.63) is 11.6 Å². The number of nitrogens with zero attached hydrogens (tertiary/aromatic N) is 3. The fourth-order valence-electron chi connectivity index (χ4n) is 2.41. The molecule has 0 unspecified atom stereocenters. The first-order valence-corrected chi connectivity index (χ1v) is 7.22. The Morgan fingerprint density at radius 3 is 2.70 bits per heavy atom. The lowest BCUT2D eigenvalue weighted by atomic mass is 10.1. The third kappa shape index (κ3) is 2.97. The highest BCUT2D eigenvalue weighted by Crippen LogP contribution is 2.37. The van der Waals surface area contributed by atoms with Gasteiger partial charge in [0.25, 0.3) is 5.91 Å². The molecule has 2 heterocycles. The normalized spacial score (nSPS) is 18.9. The van der Waals surface area contributed by atoms with E-state index in [9.17, 15) is 9.59 Å². The lowest BCUT2D eigenvalue weighted by Crippen LogP contribution is -2.42. The standard InChI is InChI=1S/C13H19N5O2/c19-10(18-6-2-1-3-7-18)8-14-13(20)12-15-11(16-17-12)9-4-5-9/h9H,1-8H2,(H,14,20)(H,15,16,17). The summed E-state index contributed by atoms with van der Waals surface area (Å²) < 4.78 is 0. The Kier molecular flexibility index (Phi) is 3.66. The van der Waals surface area contributed by atoms with E-state index in [0.717, 1.165) is 44.6 Å². The molecular weight excluding hydrogens is 258 g/mol. The van der Waals surface area contributed by atoms with E-state index in [4.69, 9.17) is 0 Å². The van der Waals surface area contributed by atoms with Crippen LogP contribution < -0.4 is 5.32 Å². The van der Waals surface area contributed by atoms with E-state index in [-0.39, 0.29) is 18.3 Å². The van der Waals surface area contributed by atoms with Crippen LogP contribution in [0.1, 0.15) is 54.5 Å². The number of likely N-dealkylation sites (tertiary alicyclic amines) is 1. The summed E-state index contributed by atoms with van der Waals surface area (Å²) in [6.07, 6.45) is 5.47. The average molecular weight is 277 g/mol. The maximum atomic E-state index is 11.9. The molecule has 0 radical (unpaired) electrons. The van der Waals surface area contributed by atoms with E-state index in [2.05, 4.69) is 20.5 Å². The van der Waals surface area contributed by atoms with Crippen molar-refractivity contribution in [2.45, 2.75) is 38.0 Å². The Hall–Kier alpha value is -1.92. The summed E-state index contributed by atoms with van der Waals surface area (Å²) in [4.78, 5) is 29.7. The summed E-state index contributed by atoms with van der Waals surface area (Å²) in [6.45, 7) is 1.61. The first-order valence-electron chi connectivity index (χ1n) is 7.22. The molecule has 108 valence electrons. The van der Waals surface area contributed by atoms with Crippen LogP contribution in [0.25, 0.3) is 0 Å². The van der Waals surface area contributed by atoms with Crippen LogP contribution in [-0.4, -0.2) is 51.5 Å². The minimum Gasteiger partial charge on any atom is -0.341 e. The lowest BCUT2D eigenvalue weighted by molar-refractivity contribution is -0.130. The van der Waals surface area contributed by atoms with Crippen LogP contribution in [0.2, 0.25) is 0 Å². The van der Waals surface area contributed by atoms with Crippen molar-refractivity contribution >= 4 is 11.8 Å². The van der Waals surface area contributed by atoms with Gasteiger partial charge in [-0.25, -0.2) is 4.98 Å². The van der Waals surface area contributed by atoms with E-state index in [1.807, 2.05) is 0 Å². The highest BCUT2D eigenvalue weighted by molar-refractivity contribution is 5.93. The van der Waals surface area contributed by atoms with Crippen molar-refractivity contribution in [2.24, 2.45) is 0 Å². The molecule has 2 N–H and O–H groups in total. The van der Waals surface area contributed by atoms with Crippen molar-refractivity contribution in [3.8, 4) is 0 Å². The van der Waals surface area contributed by atoms with Gasteiger partial charge < -0.3 is 10.2 Å². The first kappa shape index (κ1) is 13.1. The predicted octanol–water partition coefficient (Wildman–Crippen LogP) is 0.424. The minimum absolute atomic E-state index is 0.0200. The Balaban J connectivity index is 1.49. The molecule has 0 bridgehead atoms. The maximum absolute atomic E-state index is 11.9. The van der Waals surface area contributed by atoms with Crippen molar-refractivity contribution < 1.29 is 9.59 Å². The number of rotatable bonds is 4. The lowest BCUT2D eigenvalue weighted by Gasteiger charge is -2.26. The van der Waals surface area contributed by atoms with Crippen LogP contribution in [-0.2, 0) is 4.79 Å². The summed E-state index contributed by atoms with van der Waals surface area (Å²) in [5, 5.41) is 9.27. The number of H-pyrrole nitrogens is 1. The summed E-state index contributed by atoms with van der Waals surface area (Å²) in [7, 11) is 0. The van der Waals surface area contributed by atoms with Gasteiger partial charge in [-0.2, -0.15) is 0 Å². The number of carbonyl (C=O) groups is 2. The van der Waals surface area contributed by atoms with Gasteiger partial charge in [-0.05, 0) is 32.1 Å². The molecule has 1 aliphatic heterocycles. The smallest absolute Gasteiger partial charge is 0.291 e. The molecule has 7 nitrogen and oxygen atoms in total. The van der Waals surface area contributed by atoms with Gasteiger partial charge in [0.2, 0.25) is 11.7 Å². The molecule has 0 atom stereocenters. The van der Waals surface area contributed by atoms with E-state index < -0.39 is 5.91 Å². The maximum Gasteiger partial charge on any atom is 0.291 e. The number of piperidine rings is 1. The van der Waals surface area contributed by atoms with E-state index in [0.29, 0.717) is 5.92 Å². The minimum atomic E-state index is -0.390. The number of aromatic amines is 1. The fraction of sp³-hybridized carbons (Fsp3) is 0.692. The molecule has 2 aliphatic rings. The van der Waals surface area contributed by atoms with Gasteiger partial charge in [-0.3, -0.25) is 14.7 Å². The van der Waals surface area contributed by atoms with E-state index in [1.54, 1.807) is 4.90 Å². The summed E-state index contributed by atoms with van der Waals surface area (Å²) in [5.41, 5.74) is 0. The van der Waals surface area contributed by atoms with Gasteiger partial charge in [0.05, 0.1) is 6.54 Å². The fourth-order valence-corrected chi connectivity index (χ4v) is 2.41. The van der Waals surface area contributed by atoms with Gasteiger partial charge in [0.15, 0.2) is 0 Å². The number of hydrogen-bond acceptors (Lipinski definition) is 4. The monoisotopic (exact) mass is 277 g/mol. The molecule has 1 aromatic rings. The first-order chi connectivity index (χ1) is 9.74. The molecule has 1 saturated carbocycles. The van der Waals surface area contributed by atoms with Crippen LogP contribution in [0.3, 0.4) is 0 Å². The zero-order chi connectivity index (χ0) is 13.9. The zero-order valence-corrected chi connectivity index (χ0v) is 11.4. The second-order valence-electron chi connectivity index (χ2n) is 5.44. The number of amides is 2. The third-order valence-corrected chi connectivity index (χ3v) is 3.78. The molecule has 2 amide bonds. The van der Waals surface area contributed by atoms with Gasteiger partial charge >= 0.3 is 0 Å². The molecule has 1 saturated heterocycles. The van der Waals surface area contributed by atoms with Gasteiger partial charge in [0.1, 0.15) is 5.82 Å². The van der Waals surface area contributed by atoms with Crippen LogP contribution in [0, 0.1) is 0 Å². The Bertz CT molecular complexity index is 503. The summed E-state index contributed by atoms with van der Waals surface area (Å²) in [5.74, 6) is 0.907. The Morgan fingerprint density at radius 2 is 2.00 bits per heavy atom. The molecule has 1 aliphatic carbocycles. The van der Waals surface area contributed by atoms with Crippen molar-refractivity contribution in [2.75, 3.05) is 19.6 Å². The second-order valence-corrected chi connectivity index (χ2v) is 5.44. The number of hydrogen-bond donors (Lipinski definition) is 2. The highest BCUT2D eigenvalue weighted by Gasteiger charge is 2.28. The van der Waals surface area contributed by atoms with Crippen LogP contribution in [0.5, 0.6) is 0 Å². The average Bonchev–Trinajstić information content (AvgIpc) is 3.22. The van der Waals surface area contributed by atoms with Gasteiger partial charge in [-0.1, -0.05) is 0 Å². The molecule has 1 aromatic heterocycles. The van der Waals surface area contributed by atoms with Gasteiger partial charge in [-0.15, -0.1) is 5.10 Å². The summed E-state index contributed by atoms with van der Waals surface area (Å²) in [6, 6.07) is 0. The van der Waals surface area contributed by atoms with Crippen LogP contribution in [0.4, 0.5) is 0 Å².